The van der Waals surface area contributed by atoms with Gasteiger partial charge in [0.2, 0.25) is 0 Å². The number of piperidine rings is 3. The van der Waals surface area contributed by atoms with Gasteiger partial charge in [-0.05, 0) is 45.2 Å². The van der Waals surface area contributed by atoms with Gasteiger partial charge in [-0.3, -0.25) is 0 Å². The molecule has 4 nitrogen and oxygen atoms in total. The predicted octanol–water partition coefficient (Wildman–Crippen LogP) is 0.437. The van der Waals surface area contributed by atoms with Crippen molar-refractivity contribution in [3.63, 3.8) is 0 Å². The van der Waals surface area contributed by atoms with Crippen molar-refractivity contribution in [2.24, 2.45) is 5.92 Å². The molecule has 4 heteroatoms. The van der Waals surface area contributed by atoms with Gasteiger partial charge in [0.05, 0.1) is 13.2 Å². The monoisotopic (exact) mass is 253 g/mol. The fourth-order valence-corrected chi connectivity index (χ4v) is 3.79. The molecule has 0 amide bonds. The number of rotatable bonds is 4. The van der Waals surface area contributed by atoms with Crippen LogP contribution in [-0.2, 0) is 4.74 Å². The largest absolute Gasteiger partial charge is 0.379 e. The summed E-state index contributed by atoms with van der Waals surface area (Å²) >= 11 is 0. The molecular weight excluding hydrogens is 226 g/mol. The van der Waals surface area contributed by atoms with Crippen molar-refractivity contribution in [2.45, 2.75) is 44.3 Å². The van der Waals surface area contributed by atoms with E-state index in [0.717, 1.165) is 31.7 Å². The summed E-state index contributed by atoms with van der Waals surface area (Å²) in [5.74, 6) is 0.924. The molecule has 4 heterocycles. The van der Waals surface area contributed by atoms with Gasteiger partial charge in [-0.2, -0.15) is 0 Å². The Kier molecular flexibility index (Phi) is 4.19. The zero-order valence-electron chi connectivity index (χ0n) is 11.5. The fraction of sp³-hybridized carbons (Fsp3) is 1.00. The highest BCUT2D eigenvalue weighted by Gasteiger charge is 2.34. The molecular formula is C14H27N3O. The molecule has 0 aromatic carbocycles. The predicted molar refractivity (Wildman–Crippen MR) is 72.8 cm³/mol. The molecule has 0 saturated carbocycles. The van der Waals surface area contributed by atoms with Gasteiger partial charge in [-0.15, -0.1) is 0 Å². The van der Waals surface area contributed by atoms with E-state index < -0.39 is 0 Å². The normalized spacial score (nSPS) is 41.8. The number of morpholine rings is 1. The molecule has 0 spiro atoms. The molecule has 4 saturated heterocycles. The van der Waals surface area contributed by atoms with Crippen LogP contribution in [0, 0.1) is 5.92 Å². The third kappa shape index (κ3) is 3.05. The number of hydrogen-bond acceptors (Lipinski definition) is 4. The van der Waals surface area contributed by atoms with Crippen molar-refractivity contribution in [1.29, 1.82) is 0 Å². The molecule has 104 valence electrons. The maximum absolute atomic E-state index is 5.52. The number of fused-ring (bicyclic) bond motifs is 3. The molecule has 3 unspecified atom stereocenters. The van der Waals surface area contributed by atoms with Gasteiger partial charge in [-0.25, -0.2) is 0 Å². The highest BCUT2D eigenvalue weighted by atomic mass is 16.5. The smallest absolute Gasteiger partial charge is 0.0620 e. The molecule has 3 atom stereocenters. The first-order chi connectivity index (χ1) is 8.81. The second-order valence-corrected chi connectivity index (χ2v) is 6.27. The van der Waals surface area contributed by atoms with Gasteiger partial charge in [0.15, 0.2) is 0 Å². The lowest BCUT2D eigenvalue weighted by molar-refractivity contribution is 0.0557. The van der Waals surface area contributed by atoms with Crippen LogP contribution < -0.4 is 10.6 Å². The third-order valence-electron chi connectivity index (χ3n) is 4.79. The van der Waals surface area contributed by atoms with E-state index in [9.17, 15) is 0 Å². The topological polar surface area (TPSA) is 36.5 Å². The summed E-state index contributed by atoms with van der Waals surface area (Å²) < 4.78 is 5.52. The molecule has 4 aliphatic heterocycles. The summed E-state index contributed by atoms with van der Waals surface area (Å²) in [5, 5.41) is 7.41. The first-order valence-electron chi connectivity index (χ1n) is 7.61. The van der Waals surface area contributed by atoms with Crippen LogP contribution in [0.15, 0.2) is 0 Å². The van der Waals surface area contributed by atoms with Crippen molar-refractivity contribution < 1.29 is 4.74 Å². The SMILES string of the molecule is CC(CC1COCCN1)NC1CN2CCC1CC2. The van der Waals surface area contributed by atoms with Crippen LogP contribution in [0.2, 0.25) is 0 Å². The van der Waals surface area contributed by atoms with E-state index >= 15 is 0 Å². The molecule has 4 aliphatic rings. The molecule has 4 rings (SSSR count). The highest BCUT2D eigenvalue weighted by molar-refractivity contribution is 4.92. The Labute approximate surface area is 110 Å². The van der Waals surface area contributed by atoms with Gasteiger partial charge in [-0.1, -0.05) is 0 Å². The molecule has 0 radical (unpaired) electrons. The van der Waals surface area contributed by atoms with Crippen LogP contribution >= 0.6 is 0 Å². The molecule has 0 aromatic rings. The highest BCUT2D eigenvalue weighted by Crippen LogP contribution is 2.27. The number of ether oxygens (including phenoxy) is 1. The van der Waals surface area contributed by atoms with Crippen molar-refractivity contribution in [2.75, 3.05) is 39.4 Å². The number of nitrogens with zero attached hydrogens (tertiary/aromatic N) is 1. The van der Waals surface area contributed by atoms with Crippen LogP contribution in [0.4, 0.5) is 0 Å². The summed E-state index contributed by atoms with van der Waals surface area (Å²) in [4.78, 5) is 2.62. The first kappa shape index (κ1) is 12.9. The minimum atomic E-state index is 0.544. The van der Waals surface area contributed by atoms with Crippen molar-refractivity contribution in [1.82, 2.24) is 15.5 Å². The van der Waals surface area contributed by atoms with Gasteiger partial charge in [0.1, 0.15) is 0 Å². The molecule has 2 bridgehead atoms. The molecule has 0 aliphatic carbocycles. The maximum Gasteiger partial charge on any atom is 0.0620 e. The lowest BCUT2D eigenvalue weighted by Gasteiger charge is -2.46. The molecule has 18 heavy (non-hydrogen) atoms. The lowest BCUT2D eigenvalue weighted by atomic mass is 9.83. The Morgan fingerprint density at radius 3 is 2.83 bits per heavy atom. The second-order valence-electron chi connectivity index (χ2n) is 6.27. The molecule has 2 N–H and O–H groups in total. The van der Waals surface area contributed by atoms with Crippen molar-refractivity contribution in [3.8, 4) is 0 Å². The van der Waals surface area contributed by atoms with Gasteiger partial charge < -0.3 is 20.3 Å². The van der Waals surface area contributed by atoms with Gasteiger partial charge >= 0.3 is 0 Å². The molecule has 0 aromatic heterocycles. The van der Waals surface area contributed by atoms with E-state index in [1.807, 2.05) is 0 Å². The summed E-state index contributed by atoms with van der Waals surface area (Å²) in [6.45, 7) is 9.02. The summed E-state index contributed by atoms with van der Waals surface area (Å²) in [6.07, 6.45) is 3.98. The van der Waals surface area contributed by atoms with E-state index in [1.54, 1.807) is 0 Å². The zero-order valence-corrected chi connectivity index (χ0v) is 11.5. The molecule has 4 fully saturated rings. The Balaban J connectivity index is 1.44. The Morgan fingerprint density at radius 2 is 2.22 bits per heavy atom. The fourth-order valence-electron chi connectivity index (χ4n) is 3.79. The Hall–Kier alpha value is -0.160. The van der Waals surface area contributed by atoms with Crippen LogP contribution in [0.3, 0.4) is 0 Å². The van der Waals surface area contributed by atoms with E-state index in [2.05, 4.69) is 22.5 Å². The van der Waals surface area contributed by atoms with Gasteiger partial charge in [0.25, 0.3) is 0 Å². The number of nitrogens with one attached hydrogen (secondary N) is 2. The minimum absolute atomic E-state index is 0.544. The lowest BCUT2D eigenvalue weighted by Crippen LogP contribution is -2.58. The van der Waals surface area contributed by atoms with Crippen LogP contribution in [0.1, 0.15) is 26.2 Å². The summed E-state index contributed by atoms with van der Waals surface area (Å²) in [6, 6.07) is 1.86. The Bertz CT molecular complexity index is 260. The van der Waals surface area contributed by atoms with Crippen LogP contribution in [0.5, 0.6) is 0 Å². The van der Waals surface area contributed by atoms with Crippen LogP contribution in [-0.4, -0.2) is 62.4 Å². The van der Waals surface area contributed by atoms with E-state index in [4.69, 9.17) is 4.74 Å². The van der Waals surface area contributed by atoms with E-state index in [0.29, 0.717) is 12.1 Å². The first-order valence-corrected chi connectivity index (χ1v) is 7.61. The standard InChI is InChI=1S/C14H27N3O/c1-11(8-13-10-18-7-4-15-13)16-14-9-17-5-2-12(14)3-6-17/h11-16H,2-10H2,1H3. The Morgan fingerprint density at radius 1 is 1.39 bits per heavy atom. The van der Waals surface area contributed by atoms with Crippen molar-refractivity contribution in [3.05, 3.63) is 0 Å². The van der Waals surface area contributed by atoms with Crippen molar-refractivity contribution >= 4 is 0 Å². The average molecular weight is 253 g/mol. The zero-order chi connectivity index (χ0) is 12.4. The van der Waals surface area contributed by atoms with E-state index in [1.165, 1.54) is 38.9 Å². The van der Waals surface area contributed by atoms with E-state index in [-0.39, 0.29) is 0 Å². The third-order valence-corrected chi connectivity index (χ3v) is 4.79. The summed E-state index contributed by atoms with van der Waals surface area (Å²) in [5.41, 5.74) is 0. The number of hydrogen-bond donors (Lipinski definition) is 2. The maximum atomic E-state index is 5.52. The van der Waals surface area contributed by atoms with Crippen LogP contribution in [0.25, 0.3) is 0 Å². The summed E-state index contributed by atoms with van der Waals surface area (Å²) in [7, 11) is 0. The quantitative estimate of drug-likeness (QED) is 0.762. The van der Waals surface area contributed by atoms with Gasteiger partial charge in [0, 0.05) is 31.2 Å². The average Bonchev–Trinajstić information content (AvgIpc) is 2.41. The minimum Gasteiger partial charge on any atom is -0.379 e. The second kappa shape index (κ2) is 5.87.